The third-order valence-electron chi connectivity index (χ3n) is 4.54. The lowest BCUT2D eigenvalue weighted by molar-refractivity contribution is 0.314. The number of aryl methyl sites for hydroxylation is 1. The van der Waals surface area contributed by atoms with Crippen LogP contribution in [-0.2, 0) is 11.8 Å². The van der Waals surface area contributed by atoms with Crippen molar-refractivity contribution in [2.24, 2.45) is 0 Å². The second-order valence-corrected chi connectivity index (χ2v) is 7.24. The highest BCUT2D eigenvalue weighted by atomic mass is 16.4. The van der Waals surface area contributed by atoms with E-state index in [-0.39, 0.29) is 11.0 Å². The van der Waals surface area contributed by atoms with Crippen molar-refractivity contribution in [1.82, 2.24) is 10.3 Å². The third kappa shape index (κ3) is 3.85. The molecule has 1 N–H and O–H groups in total. The topological polar surface area (TPSA) is 38.1 Å². The monoisotopic (exact) mass is 278 g/mol. The third-order valence-corrected chi connectivity index (χ3v) is 4.54. The zero-order valence-electron chi connectivity index (χ0n) is 13.6. The van der Waals surface area contributed by atoms with E-state index in [1.165, 1.54) is 32.1 Å². The van der Waals surface area contributed by atoms with E-state index in [0.717, 1.165) is 31.0 Å². The quantitative estimate of drug-likeness (QED) is 0.792. The molecule has 1 aliphatic rings. The lowest BCUT2D eigenvalue weighted by atomic mass is 9.81. The maximum absolute atomic E-state index is 6.06. The van der Waals surface area contributed by atoms with Crippen LogP contribution >= 0.6 is 0 Å². The standard InChI is InChI=1S/C17H30N2O/c1-5-17(10-6-7-11-17)14-13-18-15(20-14)9-8-12-19-16(2,3)4/h13,19H,5-12H2,1-4H3. The van der Waals surface area contributed by atoms with Crippen molar-refractivity contribution in [1.29, 1.82) is 0 Å². The molecular weight excluding hydrogens is 248 g/mol. The van der Waals surface area contributed by atoms with E-state index in [4.69, 9.17) is 4.42 Å². The smallest absolute Gasteiger partial charge is 0.194 e. The Balaban J connectivity index is 1.86. The SMILES string of the molecule is CCC1(c2cnc(CCCNC(C)(C)C)o2)CCCC1. The summed E-state index contributed by atoms with van der Waals surface area (Å²) < 4.78 is 6.06. The molecule has 0 amide bonds. The average Bonchev–Trinajstić information content (AvgIpc) is 3.03. The molecule has 2 rings (SSSR count). The highest BCUT2D eigenvalue weighted by molar-refractivity contribution is 5.13. The molecule has 1 aromatic rings. The lowest BCUT2D eigenvalue weighted by Crippen LogP contribution is -2.36. The molecule has 0 spiro atoms. The predicted molar refractivity (Wildman–Crippen MR) is 83.0 cm³/mol. The molecule has 0 bridgehead atoms. The summed E-state index contributed by atoms with van der Waals surface area (Å²) in [7, 11) is 0. The molecule has 0 atom stereocenters. The molecule has 1 aromatic heterocycles. The highest BCUT2D eigenvalue weighted by Crippen LogP contribution is 2.43. The van der Waals surface area contributed by atoms with Crippen LogP contribution in [0.1, 0.15) is 77.9 Å². The van der Waals surface area contributed by atoms with E-state index >= 15 is 0 Å². The Morgan fingerprint density at radius 1 is 1.30 bits per heavy atom. The number of oxazole rings is 1. The van der Waals surface area contributed by atoms with Gasteiger partial charge in [-0.2, -0.15) is 0 Å². The van der Waals surface area contributed by atoms with Crippen molar-refractivity contribution in [3.05, 3.63) is 17.8 Å². The van der Waals surface area contributed by atoms with Gasteiger partial charge in [-0.05, 0) is 53.0 Å². The van der Waals surface area contributed by atoms with Gasteiger partial charge in [0.05, 0.1) is 6.20 Å². The van der Waals surface area contributed by atoms with Gasteiger partial charge in [-0.1, -0.05) is 19.8 Å². The van der Waals surface area contributed by atoms with Crippen LogP contribution < -0.4 is 5.32 Å². The van der Waals surface area contributed by atoms with Crippen molar-refractivity contribution in [3.8, 4) is 0 Å². The summed E-state index contributed by atoms with van der Waals surface area (Å²) in [5.41, 5.74) is 0.479. The van der Waals surface area contributed by atoms with Crippen molar-refractivity contribution in [2.75, 3.05) is 6.54 Å². The number of nitrogens with one attached hydrogen (secondary N) is 1. The summed E-state index contributed by atoms with van der Waals surface area (Å²) in [6, 6.07) is 0. The molecule has 1 saturated carbocycles. The van der Waals surface area contributed by atoms with Gasteiger partial charge >= 0.3 is 0 Å². The van der Waals surface area contributed by atoms with Gasteiger partial charge in [-0.25, -0.2) is 4.98 Å². The van der Waals surface area contributed by atoms with Crippen LogP contribution in [0.25, 0.3) is 0 Å². The summed E-state index contributed by atoms with van der Waals surface area (Å²) >= 11 is 0. The predicted octanol–water partition coefficient (Wildman–Crippen LogP) is 4.22. The van der Waals surface area contributed by atoms with Gasteiger partial charge < -0.3 is 9.73 Å². The first-order valence-corrected chi connectivity index (χ1v) is 8.15. The molecule has 0 unspecified atom stereocenters. The summed E-state index contributed by atoms with van der Waals surface area (Å²) in [6.07, 6.45) is 10.4. The molecule has 3 heteroatoms. The zero-order valence-corrected chi connectivity index (χ0v) is 13.6. The van der Waals surface area contributed by atoms with Crippen molar-refractivity contribution in [3.63, 3.8) is 0 Å². The van der Waals surface area contributed by atoms with Crippen molar-refractivity contribution in [2.45, 2.75) is 83.6 Å². The Morgan fingerprint density at radius 2 is 2.00 bits per heavy atom. The van der Waals surface area contributed by atoms with E-state index in [1.807, 2.05) is 6.20 Å². The first kappa shape index (κ1) is 15.6. The Kier molecular flexibility index (Phi) is 4.90. The fraction of sp³-hybridized carbons (Fsp3) is 0.824. The molecular formula is C17H30N2O. The Morgan fingerprint density at radius 3 is 2.60 bits per heavy atom. The first-order chi connectivity index (χ1) is 9.45. The molecule has 3 nitrogen and oxygen atoms in total. The minimum Gasteiger partial charge on any atom is -0.445 e. The van der Waals surface area contributed by atoms with Gasteiger partial charge in [0.15, 0.2) is 5.89 Å². The number of hydrogen-bond donors (Lipinski definition) is 1. The summed E-state index contributed by atoms with van der Waals surface area (Å²) in [5, 5.41) is 3.50. The lowest BCUT2D eigenvalue weighted by Gasteiger charge is -2.23. The van der Waals surface area contributed by atoms with Crippen LogP contribution in [0.3, 0.4) is 0 Å². The number of hydrogen-bond acceptors (Lipinski definition) is 3. The highest BCUT2D eigenvalue weighted by Gasteiger charge is 2.37. The Labute approximate surface area is 123 Å². The minimum absolute atomic E-state index is 0.192. The summed E-state index contributed by atoms with van der Waals surface area (Å²) in [4.78, 5) is 4.49. The maximum Gasteiger partial charge on any atom is 0.194 e. The van der Waals surface area contributed by atoms with E-state index in [2.05, 4.69) is 38.0 Å². The Bertz CT molecular complexity index is 411. The van der Waals surface area contributed by atoms with Crippen LogP contribution in [-0.4, -0.2) is 17.1 Å². The largest absolute Gasteiger partial charge is 0.445 e. The molecule has 1 aliphatic carbocycles. The van der Waals surface area contributed by atoms with E-state index in [9.17, 15) is 0 Å². The molecule has 0 saturated heterocycles. The molecule has 0 aliphatic heterocycles. The van der Waals surface area contributed by atoms with E-state index in [1.54, 1.807) is 0 Å². The normalized spacial score (nSPS) is 18.6. The number of aromatic nitrogens is 1. The van der Waals surface area contributed by atoms with Crippen LogP contribution in [0.15, 0.2) is 10.6 Å². The van der Waals surface area contributed by atoms with Crippen molar-refractivity contribution < 1.29 is 4.42 Å². The van der Waals surface area contributed by atoms with Crippen LogP contribution in [0.4, 0.5) is 0 Å². The number of rotatable bonds is 6. The average molecular weight is 278 g/mol. The molecule has 0 aromatic carbocycles. The second-order valence-electron chi connectivity index (χ2n) is 7.24. The molecule has 114 valence electrons. The van der Waals surface area contributed by atoms with Gasteiger partial charge in [-0.15, -0.1) is 0 Å². The van der Waals surface area contributed by atoms with Gasteiger partial charge in [0, 0.05) is 17.4 Å². The Hall–Kier alpha value is -0.830. The molecule has 20 heavy (non-hydrogen) atoms. The minimum atomic E-state index is 0.192. The van der Waals surface area contributed by atoms with Gasteiger partial charge in [0.2, 0.25) is 0 Å². The van der Waals surface area contributed by atoms with Crippen LogP contribution in [0, 0.1) is 0 Å². The molecule has 1 heterocycles. The van der Waals surface area contributed by atoms with Gasteiger partial charge in [-0.3, -0.25) is 0 Å². The zero-order chi connectivity index (χ0) is 14.6. The van der Waals surface area contributed by atoms with Gasteiger partial charge in [0.25, 0.3) is 0 Å². The molecule has 0 radical (unpaired) electrons. The van der Waals surface area contributed by atoms with E-state index in [0.29, 0.717) is 0 Å². The van der Waals surface area contributed by atoms with Gasteiger partial charge in [0.1, 0.15) is 5.76 Å². The fourth-order valence-electron chi connectivity index (χ4n) is 3.20. The molecule has 1 fully saturated rings. The maximum atomic E-state index is 6.06. The van der Waals surface area contributed by atoms with Crippen molar-refractivity contribution >= 4 is 0 Å². The van der Waals surface area contributed by atoms with E-state index < -0.39 is 0 Å². The fourth-order valence-corrected chi connectivity index (χ4v) is 3.20. The number of nitrogens with zero attached hydrogens (tertiary/aromatic N) is 1. The summed E-state index contributed by atoms with van der Waals surface area (Å²) in [6.45, 7) is 9.88. The second kappa shape index (κ2) is 6.30. The van der Waals surface area contributed by atoms with Crippen LogP contribution in [0.5, 0.6) is 0 Å². The van der Waals surface area contributed by atoms with Crippen LogP contribution in [0.2, 0.25) is 0 Å². The first-order valence-electron chi connectivity index (χ1n) is 8.15. The summed E-state index contributed by atoms with van der Waals surface area (Å²) in [5.74, 6) is 2.05.